The molecule has 0 aliphatic heterocycles. The number of aromatic hydroxyl groups is 1. The number of nitrogen functional groups attached to an aromatic ring is 1. The summed E-state index contributed by atoms with van der Waals surface area (Å²) in [4.78, 5) is 51.6. The predicted molar refractivity (Wildman–Crippen MR) is 165 cm³/mol. The largest absolute Gasteiger partial charge is 0.507 e. The molecule has 3 aromatic carbocycles. The third kappa shape index (κ3) is 4.54. The van der Waals surface area contributed by atoms with Crippen LogP contribution in [0.25, 0.3) is 39.5 Å². The standard InChI is InChI=1S/C34H24N6O4/c35-31-24(7-4-14-36-31)32-38-27-12-11-26(19-5-2-1-3-6-19)37-33(27)40(32)22-9-10-23-25(16-22)30(43)17-28(23)39-34(44)20-8-13-29(42)21(15-20)18-41/h1-16,18,28,42H,17H2,(H2,35,36)(H,39,44)/t28-/m0/s1. The lowest BCUT2D eigenvalue weighted by Gasteiger charge is -2.15. The van der Waals surface area contributed by atoms with Gasteiger partial charge in [0.2, 0.25) is 0 Å². The highest BCUT2D eigenvalue weighted by Crippen LogP contribution is 2.36. The van der Waals surface area contributed by atoms with Crippen LogP contribution in [0.4, 0.5) is 5.82 Å². The van der Waals surface area contributed by atoms with Crippen molar-refractivity contribution in [2.45, 2.75) is 12.5 Å². The minimum atomic E-state index is -0.566. The van der Waals surface area contributed by atoms with Crippen LogP contribution in [0.15, 0.2) is 97.2 Å². The van der Waals surface area contributed by atoms with E-state index in [4.69, 9.17) is 15.7 Å². The van der Waals surface area contributed by atoms with Gasteiger partial charge in [0, 0.05) is 35.0 Å². The average molecular weight is 581 g/mol. The van der Waals surface area contributed by atoms with E-state index in [0.29, 0.717) is 51.5 Å². The van der Waals surface area contributed by atoms with Crippen LogP contribution < -0.4 is 11.1 Å². The van der Waals surface area contributed by atoms with Crippen molar-refractivity contribution in [2.75, 3.05) is 5.73 Å². The summed E-state index contributed by atoms with van der Waals surface area (Å²) >= 11 is 0. The van der Waals surface area contributed by atoms with Crippen molar-refractivity contribution in [3.63, 3.8) is 0 Å². The Balaban J connectivity index is 1.32. The van der Waals surface area contributed by atoms with Crippen LogP contribution >= 0.6 is 0 Å². The lowest BCUT2D eigenvalue weighted by molar-refractivity contribution is 0.0925. The number of amides is 1. The summed E-state index contributed by atoms with van der Waals surface area (Å²) in [5.74, 6) is 0.0260. The van der Waals surface area contributed by atoms with Gasteiger partial charge in [-0.05, 0) is 60.2 Å². The summed E-state index contributed by atoms with van der Waals surface area (Å²) in [6.07, 6.45) is 2.16. The molecule has 10 heteroatoms. The molecule has 1 atom stereocenters. The van der Waals surface area contributed by atoms with Crippen LogP contribution in [0.2, 0.25) is 0 Å². The molecule has 0 radical (unpaired) electrons. The zero-order chi connectivity index (χ0) is 30.4. The Morgan fingerprint density at radius 3 is 2.59 bits per heavy atom. The fourth-order valence-electron chi connectivity index (χ4n) is 5.55. The maximum atomic E-state index is 13.3. The molecule has 0 saturated carbocycles. The van der Waals surface area contributed by atoms with Gasteiger partial charge < -0.3 is 16.2 Å². The first-order valence-electron chi connectivity index (χ1n) is 13.8. The van der Waals surface area contributed by atoms with E-state index in [1.54, 1.807) is 18.3 Å². The second-order valence-electron chi connectivity index (χ2n) is 10.4. The average Bonchev–Trinajstić information content (AvgIpc) is 3.58. The number of anilines is 1. The second-order valence-corrected chi connectivity index (χ2v) is 10.4. The number of phenols is 1. The Hall–Kier alpha value is -6.16. The highest BCUT2D eigenvalue weighted by molar-refractivity contribution is 6.04. The molecule has 0 saturated heterocycles. The molecule has 3 aromatic heterocycles. The first-order valence-corrected chi connectivity index (χ1v) is 13.8. The van der Waals surface area contributed by atoms with Crippen molar-refractivity contribution in [3.8, 4) is 34.1 Å². The summed E-state index contributed by atoms with van der Waals surface area (Å²) in [7, 11) is 0. The molecule has 10 nitrogen and oxygen atoms in total. The number of ketones is 1. The Kier molecular flexibility index (Phi) is 6.43. The zero-order valence-corrected chi connectivity index (χ0v) is 23.1. The quantitative estimate of drug-likeness (QED) is 0.224. The van der Waals surface area contributed by atoms with E-state index in [1.165, 1.54) is 18.2 Å². The molecule has 7 rings (SSSR count). The summed E-state index contributed by atoms with van der Waals surface area (Å²) in [5, 5.41) is 12.7. The number of rotatable bonds is 6. The molecule has 44 heavy (non-hydrogen) atoms. The number of carbonyl (C=O) groups is 3. The number of nitrogens with two attached hydrogens (primary N) is 1. The van der Waals surface area contributed by atoms with Gasteiger partial charge in [0.05, 0.1) is 22.9 Å². The SMILES string of the molecule is Nc1ncccc1-c1nc2ccc(-c3ccccc3)nc2n1-c1ccc2c(c1)C(=O)C[C@@H]2NC(=O)c1ccc(O)c(C=O)c1. The van der Waals surface area contributed by atoms with E-state index < -0.39 is 11.9 Å². The van der Waals surface area contributed by atoms with Gasteiger partial charge >= 0.3 is 0 Å². The number of Topliss-reactive ketones (excluding diaryl/α,β-unsaturated/α-hetero) is 1. The van der Waals surface area contributed by atoms with Crippen LogP contribution in [0.3, 0.4) is 0 Å². The van der Waals surface area contributed by atoms with E-state index >= 15 is 0 Å². The van der Waals surface area contributed by atoms with E-state index in [1.807, 2.05) is 65.2 Å². The number of nitrogens with zero attached hydrogens (tertiary/aromatic N) is 4. The molecule has 3 heterocycles. The van der Waals surface area contributed by atoms with E-state index in [-0.39, 0.29) is 29.1 Å². The number of aldehydes is 1. The third-order valence-corrected chi connectivity index (χ3v) is 7.74. The minimum Gasteiger partial charge on any atom is -0.507 e. The van der Waals surface area contributed by atoms with Gasteiger partial charge in [-0.1, -0.05) is 36.4 Å². The Morgan fingerprint density at radius 2 is 1.80 bits per heavy atom. The third-order valence-electron chi connectivity index (χ3n) is 7.74. The number of fused-ring (bicyclic) bond motifs is 2. The molecule has 6 aromatic rings. The number of hydrogen-bond donors (Lipinski definition) is 3. The summed E-state index contributed by atoms with van der Waals surface area (Å²) in [6.45, 7) is 0. The number of phenolic OH excluding ortho intramolecular Hbond substituents is 1. The molecule has 1 aliphatic rings. The van der Waals surface area contributed by atoms with E-state index in [0.717, 1.165) is 11.3 Å². The first-order chi connectivity index (χ1) is 21.4. The molecule has 4 N–H and O–H groups in total. The highest BCUT2D eigenvalue weighted by atomic mass is 16.3. The van der Waals surface area contributed by atoms with Crippen LogP contribution in [-0.4, -0.2) is 42.6 Å². The number of nitrogens with one attached hydrogen (secondary N) is 1. The van der Waals surface area contributed by atoms with Gasteiger partial charge in [-0.25, -0.2) is 15.0 Å². The molecule has 0 spiro atoms. The van der Waals surface area contributed by atoms with Crippen LogP contribution in [0.1, 0.15) is 49.1 Å². The topological polar surface area (TPSA) is 153 Å². The van der Waals surface area contributed by atoms with E-state index in [9.17, 15) is 19.5 Å². The zero-order valence-electron chi connectivity index (χ0n) is 23.1. The van der Waals surface area contributed by atoms with Crippen molar-refractivity contribution in [3.05, 3.63) is 119 Å². The van der Waals surface area contributed by atoms with Crippen molar-refractivity contribution >= 4 is 35.0 Å². The normalized spacial score (nSPS) is 14.0. The van der Waals surface area contributed by atoms with Crippen molar-refractivity contribution in [1.82, 2.24) is 24.8 Å². The van der Waals surface area contributed by atoms with Gasteiger partial charge in [-0.15, -0.1) is 0 Å². The fourth-order valence-corrected chi connectivity index (χ4v) is 5.55. The summed E-state index contributed by atoms with van der Waals surface area (Å²) in [5.41, 5.74) is 11.8. The number of carbonyl (C=O) groups excluding carboxylic acids is 3. The molecular weight excluding hydrogens is 556 g/mol. The van der Waals surface area contributed by atoms with Gasteiger partial charge in [0.15, 0.2) is 23.5 Å². The molecule has 0 bridgehead atoms. The number of imidazole rings is 1. The van der Waals surface area contributed by atoms with Crippen LogP contribution in [-0.2, 0) is 0 Å². The number of aromatic nitrogens is 4. The maximum absolute atomic E-state index is 13.3. The highest BCUT2D eigenvalue weighted by Gasteiger charge is 2.32. The molecule has 0 fully saturated rings. The van der Waals surface area contributed by atoms with Crippen LogP contribution in [0.5, 0.6) is 5.75 Å². The predicted octanol–water partition coefficient (Wildman–Crippen LogP) is 5.31. The Labute approximate surface area is 250 Å². The minimum absolute atomic E-state index is 0.00633. The van der Waals surface area contributed by atoms with Gasteiger partial charge in [-0.3, -0.25) is 19.0 Å². The number of benzene rings is 3. The van der Waals surface area contributed by atoms with Gasteiger partial charge in [0.25, 0.3) is 5.91 Å². The molecule has 1 aliphatic carbocycles. The summed E-state index contributed by atoms with van der Waals surface area (Å²) in [6, 6.07) is 26.1. The molecule has 214 valence electrons. The van der Waals surface area contributed by atoms with Gasteiger partial charge in [-0.2, -0.15) is 0 Å². The number of pyridine rings is 2. The molecular formula is C34H24N6O4. The van der Waals surface area contributed by atoms with Crippen LogP contribution in [0, 0.1) is 0 Å². The Bertz CT molecular complexity index is 2120. The second kappa shape index (κ2) is 10.6. The maximum Gasteiger partial charge on any atom is 0.251 e. The van der Waals surface area contributed by atoms with Crippen molar-refractivity contribution < 1.29 is 19.5 Å². The lowest BCUT2D eigenvalue weighted by Crippen LogP contribution is -2.27. The number of hydrogen-bond acceptors (Lipinski definition) is 8. The molecule has 0 unspecified atom stereocenters. The first kappa shape index (κ1) is 26.7. The smallest absolute Gasteiger partial charge is 0.251 e. The van der Waals surface area contributed by atoms with Gasteiger partial charge in [0.1, 0.15) is 17.1 Å². The molecule has 1 amide bonds. The lowest BCUT2D eigenvalue weighted by atomic mass is 10.1. The summed E-state index contributed by atoms with van der Waals surface area (Å²) < 4.78 is 1.87. The van der Waals surface area contributed by atoms with Crippen molar-refractivity contribution in [2.24, 2.45) is 0 Å². The Morgan fingerprint density at radius 1 is 0.955 bits per heavy atom. The monoisotopic (exact) mass is 580 g/mol. The van der Waals surface area contributed by atoms with Crippen molar-refractivity contribution in [1.29, 1.82) is 0 Å². The fraction of sp³-hybridized carbons (Fsp3) is 0.0588. The van der Waals surface area contributed by atoms with E-state index in [2.05, 4.69) is 10.3 Å².